The van der Waals surface area contributed by atoms with Gasteiger partial charge in [0.05, 0.1) is 11.3 Å². The second kappa shape index (κ2) is 6.88. The van der Waals surface area contributed by atoms with Crippen LogP contribution in [0.5, 0.6) is 0 Å². The summed E-state index contributed by atoms with van der Waals surface area (Å²) in [6, 6.07) is 12.1. The van der Waals surface area contributed by atoms with Crippen LogP contribution in [0.1, 0.15) is 29.3 Å². The maximum atomic E-state index is 13.6. The molecule has 0 bridgehead atoms. The Balaban J connectivity index is 2.16. The summed E-state index contributed by atoms with van der Waals surface area (Å²) in [7, 11) is 1.59. The number of aryl methyl sites for hydroxylation is 1. The van der Waals surface area contributed by atoms with Crippen molar-refractivity contribution in [3.8, 4) is 0 Å². The smallest absolute Gasteiger partial charge is 0.257 e. The first-order chi connectivity index (χ1) is 10.2. The van der Waals surface area contributed by atoms with Crippen molar-refractivity contribution in [3.63, 3.8) is 0 Å². The third-order valence-electron chi connectivity index (χ3n) is 3.26. The highest BCUT2D eigenvalue weighted by Crippen LogP contribution is 2.21. The third kappa shape index (κ3) is 3.60. The molecular weight excluding hydrogens is 267 g/mol. The lowest BCUT2D eigenvalue weighted by atomic mass is 10.1. The van der Waals surface area contributed by atoms with Gasteiger partial charge in [-0.1, -0.05) is 31.5 Å². The Morgan fingerprint density at radius 3 is 2.48 bits per heavy atom. The molecular formula is C17H19FN2O. The summed E-state index contributed by atoms with van der Waals surface area (Å²) in [4.78, 5) is 12.2. The first-order valence-corrected chi connectivity index (χ1v) is 7.02. The Hall–Kier alpha value is -2.36. The quantitative estimate of drug-likeness (QED) is 0.869. The second-order valence-electron chi connectivity index (χ2n) is 4.81. The van der Waals surface area contributed by atoms with Gasteiger partial charge < -0.3 is 10.6 Å². The van der Waals surface area contributed by atoms with E-state index in [4.69, 9.17) is 0 Å². The van der Waals surface area contributed by atoms with Crippen molar-refractivity contribution in [1.29, 1.82) is 0 Å². The molecule has 4 heteroatoms. The molecule has 2 N–H and O–H groups in total. The average Bonchev–Trinajstić information content (AvgIpc) is 2.49. The van der Waals surface area contributed by atoms with E-state index in [1.165, 1.54) is 17.7 Å². The zero-order chi connectivity index (χ0) is 15.2. The molecule has 0 aliphatic rings. The molecule has 2 rings (SSSR count). The van der Waals surface area contributed by atoms with Crippen molar-refractivity contribution in [1.82, 2.24) is 0 Å². The van der Waals surface area contributed by atoms with Crippen LogP contribution in [0, 0.1) is 5.82 Å². The number of anilines is 2. The molecule has 0 aliphatic heterocycles. The number of benzene rings is 2. The predicted molar refractivity (Wildman–Crippen MR) is 84.3 cm³/mol. The molecule has 3 nitrogen and oxygen atoms in total. The molecule has 0 aromatic heterocycles. The van der Waals surface area contributed by atoms with E-state index in [1.54, 1.807) is 13.1 Å². The van der Waals surface area contributed by atoms with Crippen LogP contribution in [0.2, 0.25) is 0 Å². The summed E-state index contributed by atoms with van der Waals surface area (Å²) in [6.07, 6.45) is 2.10. The number of para-hydroxylation sites is 1. The normalized spacial score (nSPS) is 10.2. The molecule has 1 amide bonds. The first kappa shape index (κ1) is 15.0. The maximum Gasteiger partial charge on any atom is 0.257 e. The van der Waals surface area contributed by atoms with Crippen molar-refractivity contribution in [2.45, 2.75) is 19.8 Å². The van der Waals surface area contributed by atoms with E-state index < -0.39 is 5.82 Å². The SMILES string of the molecule is CCCc1ccc(NC(=O)c2cccc(F)c2NC)cc1. The Bertz CT molecular complexity index is 623. The van der Waals surface area contributed by atoms with Gasteiger partial charge in [-0.25, -0.2) is 4.39 Å². The van der Waals surface area contributed by atoms with E-state index in [2.05, 4.69) is 17.6 Å². The zero-order valence-corrected chi connectivity index (χ0v) is 12.2. The summed E-state index contributed by atoms with van der Waals surface area (Å²) < 4.78 is 13.6. The van der Waals surface area contributed by atoms with Crippen LogP contribution in [0.3, 0.4) is 0 Å². The summed E-state index contributed by atoms with van der Waals surface area (Å²) in [5, 5.41) is 5.50. The highest BCUT2D eigenvalue weighted by molar-refractivity contribution is 6.08. The van der Waals surface area contributed by atoms with Crippen molar-refractivity contribution in [2.75, 3.05) is 17.7 Å². The first-order valence-electron chi connectivity index (χ1n) is 7.02. The minimum atomic E-state index is -0.441. The predicted octanol–water partition coefficient (Wildman–Crippen LogP) is 4.07. The molecule has 110 valence electrons. The van der Waals surface area contributed by atoms with Gasteiger partial charge in [0.2, 0.25) is 0 Å². The Kier molecular flexibility index (Phi) is 4.93. The van der Waals surface area contributed by atoms with Crippen LogP contribution in [0.25, 0.3) is 0 Å². The summed E-state index contributed by atoms with van der Waals surface area (Å²) in [5.41, 5.74) is 2.43. The van der Waals surface area contributed by atoms with Crippen LogP contribution >= 0.6 is 0 Å². The summed E-state index contributed by atoms with van der Waals surface area (Å²) >= 11 is 0. The number of carbonyl (C=O) groups excluding carboxylic acids is 1. The summed E-state index contributed by atoms with van der Waals surface area (Å²) in [6.45, 7) is 2.12. The van der Waals surface area contributed by atoms with E-state index in [0.717, 1.165) is 12.8 Å². The van der Waals surface area contributed by atoms with Crippen molar-refractivity contribution < 1.29 is 9.18 Å². The van der Waals surface area contributed by atoms with Gasteiger partial charge in [-0.3, -0.25) is 4.79 Å². The van der Waals surface area contributed by atoms with Crippen molar-refractivity contribution in [3.05, 3.63) is 59.4 Å². The standard InChI is InChI=1S/C17H19FN2O/c1-3-5-12-8-10-13(11-9-12)20-17(21)14-6-4-7-15(18)16(14)19-2/h4,6-11,19H,3,5H2,1-2H3,(H,20,21). The van der Waals surface area contributed by atoms with E-state index in [9.17, 15) is 9.18 Å². The van der Waals surface area contributed by atoms with E-state index in [1.807, 2.05) is 24.3 Å². The second-order valence-corrected chi connectivity index (χ2v) is 4.81. The fourth-order valence-corrected chi connectivity index (χ4v) is 2.21. The van der Waals surface area contributed by atoms with Crippen LogP contribution < -0.4 is 10.6 Å². The van der Waals surface area contributed by atoms with Gasteiger partial charge in [-0.2, -0.15) is 0 Å². The van der Waals surface area contributed by atoms with Crippen molar-refractivity contribution in [2.24, 2.45) is 0 Å². The third-order valence-corrected chi connectivity index (χ3v) is 3.26. The number of amides is 1. The lowest BCUT2D eigenvalue weighted by molar-refractivity contribution is 0.102. The van der Waals surface area contributed by atoms with Gasteiger partial charge in [0.1, 0.15) is 5.82 Å². The average molecular weight is 286 g/mol. The molecule has 0 saturated carbocycles. The van der Waals surface area contributed by atoms with Gasteiger partial charge in [0, 0.05) is 12.7 Å². The molecule has 0 unspecified atom stereocenters. The van der Waals surface area contributed by atoms with Crippen LogP contribution in [0.15, 0.2) is 42.5 Å². The zero-order valence-electron chi connectivity index (χ0n) is 12.2. The number of halogens is 1. The fourth-order valence-electron chi connectivity index (χ4n) is 2.21. The Morgan fingerprint density at radius 1 is 1.14 bits per heavy atom. The topological polar surface area (TPSA) is 41.1 Å². The largest absolute Gasteiger partial charge is 0.385 e. The molecule has 0 saturated heterocycles. The van der Waals surface area contributed by atoms with Gasteiger partial charge in [-0.05, 0) is 36.2 Å². The molecule has 0 atom stereocenters. The molecule has 2 aromatic rings. The molecule has 21 heavy (non-hydrogen) atoms. The van der Waals surface area contributed by atoms with Crippen LogP contribution in [-0.4, -0.2) is 13.0 Å². The highest BCUT2D eigenvalue weighted by atomic mass is 19.1. The van der Waals surface area contributed by atoms with Crippen LogP contribution in [-0.2, 0) is 6.42 Å². The number of carbonyl (C=O) groups is 1. The lowest BCUT2D eigenvalue weighted by Gasteiger charge is -2.11. The van der Waals surface area contributed by atoms with E-state index in [-0.39, 0.29) is 17.2 Å². The lowest BCUT2D eigenvalue weighted by Crippen LogP contribution is -2.14. The minimum absolute atomic E-state index is 0.206. The molecule has 0 fully saturated rings. The van der Waals surface area contributed by atoms with Crippen molar-refractivity contribution >= 4 is 17.3 Å². The molecule has 0 radical (unpaired) electrons. The number of hydrogen-bond donors (Lipinski definition) is 2. The molecule has 0 spiro atoms. The van der Waals surface area contributed by atoms with Gasteiger partial charge in [0.25, 0.3) is 5.91 Å². The molecule has 0 heterocycles. The van der Waals surface area contributed by atoms with E-state index >= 15 is 0 Å². The Morgan fingerprint density at radius 2 is 1.86 bits per heavy atom. The van der Waals surface area contributed by atoms with Gasteiger partial charge in [-0.15, -0.1) is 0 Å². The fraction of sp³-hybridized carbons (Fsp3) is 0.235. The van der Waals surface area contributed by atoms with Gasteiger partial charge >= 0.3 is 0 Å². The van der Waals surface area contributed by atoms with E-state index in [0.29, 0.717) is 5.69 Å². The molecule has 2 aromatic carbocycles. The Labute approximate surface area is 124 Å². The van der Waals surface area contributed by atoms with Crippen LogP contribution in [0.4, 0.5) is 15.8 Å². The highest BCUT2D eigenvalue weighted by Gasteiger charge is 2.14. The minimum Gasteiger partial charge on any atom is -0.385 e. The molecule has 0 aliphatic carbocycles. The van der Waals surface area contributed by atoms with Gasteiger partial charge in [0.15, 0.2) is 0 Å². The number of rotatable bonds is 5. The summed E-state index contributed by atoms with van der Waals surface area (Å²) in [5.74, 6) is -0.773. The number of nitrogens with one attached hydrogen (secondary N) is 2. The maximum absolute atomic E-state index is 13.6. The number of hydrogen-bond acceptors (Lipinski definition) is 2. The monoisotopic (exact) mass is 286 g/mol.